The highest BCUT2D eigenvalue weighted by Gasteiger charge is 2.28. The zero-order valence-corrected chi connectivity index (χ0v) is 14.0. The molecule has 0 saturated heterocycles. The molecule has 0 aliphatic heterocycles. The fourth-order valence-electron chi connectivity index (χ4n) is 1.67. The Morgan fingerprint density at radius 2 is 1.95 bits per heavy atom. The summed E-state index contributed by atoms with van der Waals surface area (Å²) in [6.07, 6.45) is 0. The SMILES string of the molecule is COCC(C)(CNS(=O)(=O)c1cc(Cl)ccc1OC)OC. The normalized spacial score (nSPS) is 14.7. The quantitative estimate of drug-likeness (QED) is 0.781. The molecule has 1 aromatic rings. The molecule has 1 N–H and O–H groups in total. The summed E-state index contributed by atoms with van der Waals surface area (Å²) in [5.74, 6) is 0.220. The van der Waals surface area contributed by atoms with Gasteiger partial charge in [-0.1, -0.05) is 11.6 Å². The molecule has 0 fully saturated rings. The lowest BCUT2D eigenvalue weighted by Gasteiger charge is -2.27. The number of benzene rings is 1. The van der Waals surface area contributed by atoms with Gasteiger partial charge in [-0.25, -0.2) is 13.1 Å². The first-order valence-corrected chi connectivity index (χ1v) is 8.01. The minimum absolute atomic E-state index is 0.0200. The molecule has 120 valence electrons. The van der Waals surface area contributed by atoms with Gasteiger partial charge in [0.1, 0.15) is 16.2 Å². The molecule has 1 aromatic carbocycles. The molecule has 0 spiro atoms. The Labute approximate surface area is 130 Å². The predicted octanol–water partition coefficient (Wildman–Crippen LogP) is 1.68. The first kappa shape index (κ1) is 18.2. The van der Waals surface area contributed by atoms with Crippen molar-refractivity contribution in [1.29, 1.82) is 0 Å². The fourth-order valence-corrected chi connectivity index (χ4v) is 3.26. The molecule has 21 heavy (non-hydrogen) atoms. The Morgan fingerprint density at radius 3 is 2.48 bits per heavy atom. The van der Waals surface area contributed by atoms with Crippen LogP contribution in [0.3, 0.4) is 0 Å². The zero-order valence-electron chi connectivity index (χ0n) is 12.5. The predicted molar refractivity (Wildman–Crippen MR) is 80.5 cm³/mol. The van der Waals surface area contributed by atoms with Crippen LogP contribution >= 0.6 is 11.6 Å². The van der Waals surface area contributed by atoms with Gasteiger partial charge in [-0.05, 0) is 25.1 Å². The van der Waals surface area contributed by atoms with E-state index in [2.05, 4.69) is 4.72 Å². The van der Waals surface area contributed by atoms with Crippen molar-refractivity contribution in [1.82, 2.24) is 4.72 Å². The van der Waals surface area contributed by atoms with Crippen LogP contribution in [0.25, 0.3) is 0 Å². The van der Waals surface area contributed by atoms with E-state index in [4.69, 9.17) is 25.8 Å². The third-order valence-corrected chi connectivity index (χ3v) is 4.65. The number of halogens is 1. The summed E-state index contributed by atoms with van der Waals surface area (Å²) < 4.78 is 42.6. The van der Waals surface area contributed by atoms with Crippen LogP contribution in [0.15, 0.2) is 23.1 Å². The van der Waals surface area contributed by atoms with Crippen LogP contribution < -0.4 is 9.46 Å². The lowest BCUT2D eigenvalue weighted by atomic mass is 10.1. The van der Waals surface area contributed by atoms with E-state index in [-0.39, 0.29) is 23.8 Å². The maximum atomic E-state index is 12.4. The molecule has 0 saturated carbocycles. The summed E-state index contributed by atoms with van der Waals surface area (Å²) in [7, 11) is 0.626. The van der Waals surface area contributed by atoms with Crippen LogP contribution in [0.4, 0.5) is 0 Å². The van der Waals surface area contributed by atoms with Crippen molar-refractivity contribution in [2.75, 3.05) is 34.5 Å². The van der Waals surface area contributed by atoms with Crippen LogP contribution in [0, 0.1) is 0 Å². The van der Waals surface area contributed by atoms with Crippen molar-refractivity contribution in [3.8, 4) is 5.75 Å². The number of rotatable bonds is 8. The molecule has 0 bridgehead atoms. The second kappa shape index (κ2) is 7.42. The van der Waals surface area contributed by atoms with Crippen LogP contribution in [0.1, 0.15) is 6.92 Å². The molecule has 0 amide bonds. The van der Waals surface area contributed by atoms with Gasteiger partial charge >= 0.3 is 0 Å². The number of sulfonamides is 1. The van der Waals surface area contributed by atoms with E-state index in [0.717, 1.165) is 0 Å². The molecule has 0 heterocycles. The van der Waals surface area contributed by atoms with E-state index in [0.29, 0.717) is 5.02 Å². The van der Waals surface area contributed by atoms with Gasteiger partial charge < -0.3 is 14.2 Å². The lowest BCUT2D eigenvalue weighted by Crippen LogP contribution is -2.45. The number of hydrogen-bond donors (Lipinski definition) is 1. The van der Waals surface area contributed by atoms with E-state index in [1.54, 1.807) is 13.0 Å². The second-order valence-electron chi connectivity index (χ2n) is 4.71. The lowest BCUT2D eigenvalue weighted by molar-refractivity contribution is -0.0460. The number of hydrogen-bond acceptors (Lipinski definition) is 5. The third-order valence-electron chi connectivity index (χ3n) is 2.99. The average molecular weight is 338 g/mol. The van der Waals surface area contributed by atoms with Gasteiger partial charge in [0.2, 0.25) is 10.0 Å². The van der Waals surface area contributed by atoms with Gasteiger partial charge in [0.15, 0.2) is 0 Å². The van der Waals surface area contributed by atoms with Crippen LogP contribution in [-0.2, 0) is 19.5 Å². The monoisotopic (exact) mass is 337 g/mol. The van der Waals surface area contributed by atoms with Gasteiger partial charge in [-0.3, -0.25) is 0 Å². The molecule has 0 radical (unpaired) electrons. The van der Waals surface area contributed by atoms with E-state index in [9.17, 15) is 8.42 Å². The van der Waals surface area contributed by atoms with E-state index in [1.807, 2.05) is 0 Å². The first-order chi connectivity index (χ1) is 9.78. The Kier molecular flexibility index (Phi) is 6.42. The Bertz CT molecular complexity index is 578. The van der Waals surface area contributed by atoms with Crippen molar-refractivity contribution in [2.45, 2.75) is 17.4 Å². The minimum atomic E-state index is -3.78. The summed E-state index contributed by atoms with van der Waals surface area (Å²) in [5.41, 5.74) is -0.770. The highest BCUT2D eigenvalue weighted by molar-refractivity contribution is 7.89. The molecule has 0 aliphatic rings. The first-order valence-electron chi connectivity index (χ1n) is 6.15. The Hall–Kier alpha value is -0.860. The van der Waals surface area contributed by atoms with Crippen LogP contribution in [0.2, 0.25) is 5.02 Å². The molecule has 1 rings (SSSR count). The summed E-state index contributed by atoms with van der Waals surface area (Å²) in [6.45, 7) is 2.04. The van der Waals surface area contributed by atoms with Crippen molar-refractivity contribution < 1.29 is 22.6 Å². The summed E-state index contributed by atoms with van der Waals surface area (Å²) >= 11 is 5.85. The van der Waals surface area contributed by atoms with Crippen LogP contribution in [0.5, 0.6) is 5.75 Å². The Balaban J connectivity index is 2.99. The molecule has 0 aliphatic carbocycles. The fraction of sp³-hybridized carbons (Fsp3) is 0.538. The molecule has 1 atom stereocenters. The molecule has 0 aromatic heterocycles. The smallest absolute Gasteiger partial charge is 0.244 e. The zero-order chi connectivity index (χ0) is 16.1. The Morgan fingerprint density at radius 1 is 1.29 bits per heavy atom. The maximum Gasteiger partial charge on any atom is 0.244 e. The summed E-state index contributed by atoms with van der Waals surface area (Å²) in [5, 5.41) is 0.308. The summed E-state index contributed by atoms with van der Waals surface area (Å²) in [4.78, 5) is -0.0200. The highest BCUT2D eigenvalue weighted by Crippen LogP contribution is 2.27. The second-order valence-corrected chi connectivity index (χ2v) is 6.88. The van der Waals surface area contributed by atoms with E-state index < -0.39 is 15.6 Å². The average Bonchev–Trinajstić information content (AvgIpc) is 2.45. The van der Waals surface area contributed by atoms with Crippen molar-refractivity contribution in [3.05, 3.63) is 23.2 Å². The van der Waals surface area contributed by atoms with Crippen molar-refractivity contribution in [3.63, 3.8) is 0 Å². The van der Waals surface area contributed by atoms with E-state index in [1.165, 1.54) is 33.5 Å². The molecular weight excluding hydrogens is 318 g/mol. The van der Waals surface area contributed by atoms with Gasteiger partial charge in [0.25, 0.3) is 0 Å². The topological polar surface area (TPSA) is 73.9 Å². The van der Waals surface area contributed by atoms with Crippen molar-refractivity contribution >= 4 is 21.6 Å². The number of methoxy groups -OCH3 is 3. The number of ether oxygens (including phenoxy) is 3. The standard InChI is InChI=1S/C13H20ClNO5S/c1-13(20-4,9-18-2)8-15-21(16,17)12-7-10(14)5-6-11(12)19-3/h5-7,15H,8-9H2,1-4H3. The molecule has 6 nitrogen and oxygen atoms in total. The van der Waals surface area contributed by atoms with E-state index >= 15 is 0 Å². The molecular formula is C13H20ClNO5S. The van der Waals surface area contributed by atoms with Gasteiger partial charge in [0.05, 0.1) is 13.7 Å². The van der Waals surface area contributed by atoms with Gasteiger partial charge in [-0.15, -0.1) is 0 Å². The molecule has 1 unspecified atom stereocenters. The maximum absolute atomic E-state index is 12.4. The van der Waals surface area contributed by atoms with Crippen molar-refractivity contribution in [2.24, 2.45) is 0 Å². The minimum Gasteiger partial charge on any atom is -0.495 e. The number of nitrogens with one attached hydrogen (secondary N) is 1. The molecule has 8 heteroatoms. The highest BCUT2D eigenvalue weighted by atomic mass is 35.5. The van der Waals surface area contributed by atoms with Gasteiger partial charge in [-0.2, -0.15) is 0 Å². The van der Waals surface area contributed by atoms with Crippen LogP contribution in [-0.4, -0.2) is 48.5 Å². The summed E-state index contributed by atoms with van der Waals surface area (Å²) in [6, 6.07) is 4.40. The largest absolute Gasteiger partial charge is 0.495 e. The van der Waals surface area contributed by atoms with Gasteiger partial charge in [0, 0.05) is 25.8 Å². The third kappa shape index (κ3) is 4.82.